The van der Waals surface area contributed by atoms with Gasteiger partial charge in [0, 0.05) is 12.1 Å². The van der Waals surface area contributed by atoms with Crippen LogP contribution in [0.2, 0.25) is 5.28 Å². The molecule has 26 heavy (non-hydrogen) atoms. The van der Waals surface area contributed by atoms with E-state index in [1.165, 1.54) is 0 Å². The van der Waals surface area contributed by atoms with Crippen molar-refractivity contribution in [3.63, 3.8) is 0 Å². The monoisotopic (exact) mass is 375 g/mol. The van der Waals surface area contributed by atoms with Crippen molar-refractivity contribution in [2.45, 2.75) is 45.9 Å². The molecule has 0 N–H and O–H groups in total. The molecule has 1 aliphatic rings. The third kappa shape index (κ3) is 4.64. The van der Waals surface area contributed by atoms with E-state index in [1.807, 2.05) is 51.1 Å². The molecule has 7 heteroatoms. The number of aromatic nitrogens is 2. The number of amides is 1. The molecule has 1 aromatic heterocycles. The standard InChI is InChI=1S/C19H22ClN3O3/c1-19(2,3)26-18(24)23-10-9-14-15(11-23)21-17(20)22-16(14)25-12-13-7-5-4-6-8-13/h4-8H,9-12H2,1-3H3. The summed E-state index contributed by atoms with van der Waals surface area (Å²) in [6.07, 6.45) is 0.236. The fourth-order valence-corrected chi connectivity index (χ4v) is 2.87. The van der Waals surface area contributed by atoms with Gasteiger partial charge < -0.3 is 14.4 Å². The second-order valence-electron chi connectivity index (χ2n) is 7.15. The van der Waals surface area contributed by atoms with Crippen LogP contribution in [0, 0.1) is 0 Å². The van der Waals surface area contributed by atoms with Gasteiger partial charge in [0.15, 0.2) is 0 Å². The van der Waals surface area contributed by atoms with Gasteiger partial charge in [-0.3, -0.25) is 0 Å². The van der Waals surface area contributed by atoms with Gasteiger partial charge in [0.05, 0.1) is 12.2 Å². The third-order valence-corrected chi connectivity index (χ3v) is 4.04. The molecule has 0 atom stereocenters. The summed E-state index contributed by atoms with van der Waals surface area (Å²) >= 11 is 6.06. The number of nitrogens with zero attached hydrogens (tertiary/aromatic N) is 3. The lowest BCUT2D eigenvalue weighted by atomic mass is 10.1. The van der Waals surface area contributed by atoms with Gasteiger partial charge in [0.1, 0.15) is 12.2 Å². The maximum Gasteiger partial charge on any atom is 0.410 e. The van der Waals surface area contributed by atoms with E-state index in [-0.39, 0.29) is 11.4 Å². The van der Waals surface area contributed by atoms with E-state index in [2.05, 4.69) is 9.97 Å². The van der Waals surface area contributed by atoms with E-state index in [4.69, 9.17) is 21.1 Å². The molecule has 1 aromatic carbocycles. The lowest BCUT2D eigenvalue weighted by Crippen LogP contribution is -2.40. The highest BCUT2D eigenvalue weighted by Crippen LogP contribution is 2.28. The first kappa shape index (κ1) is 18.5. The van der Waals surface area contributed by atoms with Gasteiger partial charge >= 0.3 is 6.09 Å². The van der Waals surface area contributed by atoms with Crippen LogP contribution in [0.25, 0.3) is 0 Å². The van der Waals surface area contributed by atoms with E-state index < -0.39 is 5.60 Å². The van der Waals surface area contributed by atoms with E-state index in [1.54, 1.807) is 4.90 Å². The van der Waals surface area contributed by atoms with Crippen LogP contribution < -0.4 is 4.74 Å². The first-order valence-electron chi connectivity index (χ1n) is 8.52. The van der Waals surface area contributed by atoms with Crippen molar-refractivity contribution in [3.8, 4) is 5.88 Å². The largest absolute Gasteiger partial charge is 0.472 e. The molecule has 0 aliphatic carbocycles. The fraction of sp³-hybridized carbons (Fsp3) is 0.421. The molecule has 0 fully saturated rings. The summed E-state index contributed by atoms with van der Waals surface area (Å²) in [6.45, 7) is 6.78. The number of benzene rings is 1. The Labute approximate surface area is 158 Å². The highest BCUT2D eigenvalue weighted by molar-refractivity contribution is 6.28. The van der Waals surface area contributed by atoms with Crippen LogP contribution in [-0.2, 0) is 24.3 Å². The molecule has 2 heterocycles. The average Bonchev–Trinajstić information content (AvgIpc) is 2.58. The molecular weight excluding hydrogens is 354 g/mol. The Bertz CT molecular complexity index is 791. The molecule has 0 saturated heterocycles. The van der Waals surface area contributed by atoms with Crippen LogP contribution in [-0.4, -0.2) is 33.1 Å². The average molecular weight is 376 g/mol. The van der Waals surface area contributed by atoms with Crippen LogP contribution in [0.1, 0.15) is 37.6 Å². The van der Waals surface area contributed by atoms with Crippen LogP contribution in [0.5, 0.6) is 5.88 Å². The van der Waals surface area contributed by atoms with Gasteiger partial charge in [-0.2, -0.15) is 4.98 Å². The summed E-state index contributed by atoms with van der Waals surface area (Å²) in [6, 6.07) is 9.84. The summed E-state index contributed by atoms with van der Waals surface area (Å²) < 4.78 is 11.3. The summed E-state index contributed by atoms with van der Waals surface area (Å²) in [5, 5.41) is 0.109. The SMILES string of the molecule is CC(C)(C)OC(=O)N1CCc2c(nc(Cl)nc2OCc2ccccc2)C1. The minimum absolute atomic E-state index is 0.109. The summed E-state index contributed by atoms with van der Waals surface area (Å²) in [4.78, 5) is 22.4. The van der Waals surface area contributed by atoms with Gasteiger partial charge in [0.2, 0.25) is 11.2 Å². The van der Waals surface area contributed by atoms with Crippen LogP contribution in [0.4, 0.5) is 4.79 Å². The molecule has 3 rings (SSSR count). The third-order valence-electron chi connectivity index (χ3n) is 3.87. The number of rotatable bonds is 3. The Kier molecular flexibility index (Phi) is 5.32. The molecule has 6 nitrogen and oxygen atoms in total. The highest BCUT2D eigenvalue weighted by atomic mass is 35.5. The van der Waals surface area contributed by atoms with Crippen molar-refractivity contribution < 1.29 is 14.3 Å². The maximum absolute atomic E-state index is 12.3. The Morgan fingerprint density at radius 3 is 2.65 bits per heavy atom. The zero-order chi connectivity index (χ0) is 18.7. The minimum Gasteiger partial charge on any atom is -0.472 e. The number of halogens is 1. The van der Waals surface area contributed by atoms with Gasteiger partial charge in [0.25, 0.3) is 0 Å². The molecular formula is C19H22ClN3O3. The number of carbonyl (C=O) groups is 1. The first-order chi connectivity index (χ1) is 12.3. The van der Waals surface area contributed by atoms with Gasteiger partial charge in [-0.25, -0.2) is 9.78 Å². The van der Waals surface area contributed by atoms with Crippen molar-refractivity contribution in [2.75, 3.05) is 6.54 Å². The molecule has 0 bridgehead atoms. The first-order valence-corrected chi connectivity index (χ1v) is 8.89. The van der Waals surface area contributed by atoms with E-state index in [0.29, 0.717) is 37.7 Å². The van der Waals surface area contributed by atoms with Crippen LogP contribution in [0.15, 0.2) is 30.3 Å². The summed E-state index contributed by atoms with van der Waals surface area (Å²) in [7, 11) is 0. The van der Waals surface area contributed by atoms with Gasteiger partial charge in [-0.05, 0) is 44.4 Å². The fourth-order valence-electron chi connectivity index (χ4n) is 2.69. The van der Waals surface area contributed by atoms with Crippen molar-refractivity contribution in [1.29, 1.82) is 0 Å². The highest BCUT2D eigenvalue weighted by Gasteiger charge is 2.29. The molecule has 1 amide bonds. The lowest BCUT2D eigenvalue weighted by Gasteiger charge is -2.31. The van der Waals surface area contributed by atoms with Gasteiger partial charge in [-0.15, -0.1) is 0 Å². The maximum atomic E-state index is 12.3. The smallest absolute Gasteiger partial charge is 0.410 e. The van der Waals surface area contributed by atoms with E-state index in [0.717, 1.165) is 11.1 Å². The summed E-state index contributed by atoms with van der Waals surface area (Å²) in [5.41, 5.74) is 2.10. The van der Waals surface area contributed by atoms with E-state index >= 15 is 0 Å². The number of ether oxygens (including phenoxy) is 2. The van der Waals surface area contributed by atoms with E-state index in [9.17, 15) is 4.79 Å². The van der Waals surface area contributed by atoms with Crippen molar-refractivity contribution >= 4 is 17.7 Å². The van der Waals surface area contributed by atoms with Crippen molar-refractivity contribution in [3.05, 3.63) is 52.4 Å². The second-order valence-corrected chi connectivity index (χ2v) is 7.49. The Morgan fingerprint density at radius 2 is 1.96 bits per heavy atom. The Balaban J connectivity index is 1.75. The number of hydrogen-bond acceptors (Lipinski definition) is 5. The number of carbonyl (C=O) groups excluding carboxylic acids is 1. The summed E-state index contributed by atoms with van der Waals surface area (Å²) in [5.74, 6) is 0.479. The quantitative estimate of drug-likeness (QED) is 0.758. The number of hydrogen-bond donors (Lipinski definition) is 0. The number of fused-ring (bicyclic) bond motifs is 1. The Hall–Kier alpha value is -2.34. The van der Waals surface area contributed by atoms with Crippen molar-refractivity contribution in [2.24, 2.45) is 0 Å². The predicted molar refractivity (Wildman–Crippen MR) is 98.2 cm³/mol. The Morgan fingerprint density at radius 1 is 1.23 bits per heavy atom. The molecule has 0 spiro atoms. The molecule has 0 saturated carbocycles. The normalized spacial score (nSPS) is 13.9. The lowest BCUT2D eigenvalue weighted by molar-refractivity contribution is 0.0219. The molecule has 138 valence electrons. The minimum atomic E-state index is -0.537. The van der Waals surface area contributed by atoms with Crippen molar-refractivity contribution in [1.82, 2.24) is 14.9 Å². The molecule has 0 radical (unpaired) electrons. The zero-order valence-electron chi connectivity index (χ0n) is 15.2. The molecule has 0 unspecified atom stereocenters. The topological polar surface area (TPSA) is 64.5 Å². The zero-order valence-corrected chi connectivity index (χ0v) is 15.9. The van der Waals surface area contributed by atoms with Crippen LogP contribution in [0.3, 0.4) is 0 Å². The predicted octanol–water partition coefficient (Wildman–Crippen LogP) is 4.00. The molecule has 1 aliphatic heterocycles. The molecule has 2 aromatic rings. The second kappa shape index (κ2) is 7.50. The van der Waals surface area contributed by atoms with Crippen LogP contribution >= 0.6 is 11.6 Å². The van der Waals surface area contributed by atoms with Gasteiger partial charge in [-0.1, -0.05) is 30.3 Å².